The summed E-state index contributed by atoms with van der Waals surface area (Å²) < 4.78 is 10.9. The van der Waals surface area contributed by atoms with E-state index in [1.165, 1.54) is 6.08 Å². The Bertz CT molecular complexity index is 697. The van der Waals surface area contributed by atoms with Gasteiger partial charge in [-0.05, 0) is 24.1 Å². The molecule has 0 unspecified atom stereocenters. The van der Waals surface area contributed by atoms with Crippen LogP contribution in [0, 0.1) is 17.2 Å². The van der Waals surface area contributed by atoms with Crippen molar-refractivity contribution in [3.05, 3.63) is 47.9 Å². The van der Waals surface area contributed by atoms with Crippen LogP contribution in [0.25, 0.3) is 0 Å². The van der Waals surface area contributed by atoms with Crippen molar-refractivity contribution in [2.24, 2.45) is 5.92 Å². The minimum absolute atomic E-state index is 0.0404. The van der Waals surface area contributed by atoms with Gasteiger partial charge in [0.1, 0.15) is 11.6 Å². The molecule has 0 amide bonds. The molecule has 0 aliphatic carbocycles. The van der Waals surface area contributed by atoms with Crippen molar-refractivity contribution in [2.75, 3.05) is 18.6 Å². The summed E-state index contributed by atoms with van der Waals surface area (Å²) in [6.45, 7) is 4.44. The third-order valence-corrected chi connectivity index (χ3v) is 4.11. The van der Waals surface area contributed by atoms with E-state index in [0.29, 0.717) is 18.4 Å². The van der Waals surface area contributed by atoms with E-state index in [-0.39, 0.29) is 5.57 Å². The minimum Gasteiger partial charge on any atom is -0.461 e. The Hall–Kier alpha value is -2.74. The lowest BCUT2D eigenvalue weighted by atomic mass is 10.1. The number of fused-ring (bicyclic) bond motifs is 1. The number of para-hydroxylation sites is 2. The summed E-state index contributed by atoms with van der Waals surface area (Å²) >= 11 is 0. The second-order valence-corrected chi connectivity index (χ2v) is 5.61. The van der Waals surface area contributed by atoms with Gasteiger partial charge in [0.25, 0.3) is 0 Å². The van der Waals surface area contributed by atoms with E-state index in [1.807, 2.05) is 42.3 Å². The maximum atomic E-state index is 12.0. The van der Waals surface area contributed by atoms with Crippen LogP contribution in [0.3, 0.4) is 0 Å². The van der Waals surface area contributed by atoms with Crippen LogP contribution < -0.4 is 9.64 Å². The number of ether oxygens (including phenoxy) is 2. The number of nitriles is 1. The average Bonchev–Trinajstić information content (AvgIpc) is 2.93. The van der Waals surface area contributed by atoms with E-state index in [9.17, 15) is 10.1 Å². The Morgan fingerprint density at radius 2 is 2.08 bits per heavy atom. The lowest BCUT2D eigenvalue weighted by Crippen LogP contribution is -2.15. The molecule has 0 radical (unpaired) electrons. The molecule has 0 spiro atoms. The Morgan fingerprint density at radius 1 is 1.38 bits per heavy atom. The van der Waals surface area contributed by atoms with Crippen molar-refractivity contribution in [3.63, 3.8) is 0 Å². The van der Waals surface area contributed by atoms with Crippen LogP contribution in [-0.4, -0.2) is 19.6 Å². The maximum absolute atomic E-state index is 12.0. The number of benzene rings is 1. The molecule has 24 heavy (non-hydrogen) atoms. The van der Waals surface area contributed by atoms with Gasteiger partial charge < -0.3 is 14.4 Å². The zero-order valence-electron chi connectivity index (χ0n) is 14.3. The molecule has 0 atom stereocenters. The van der Waals surface area contributed by atoms with Gasteiger partial charge in [-0.25, -0.2) is 4.79 Å². The zero-order valence-corrected chi connectivity index (χ0v) is 14.3. The van der Waals surface area contributed by atoms with Crippen LogP contribution in [0.5, 0.6) is 5.75 Å². The van der Waals surface area contributed by atoms with Gasteiger partial charge in [0.2, 0.25) is 0 Å². The molecule has 1 aromatic rings. The summed E-state index contributed by atoms with van der Waals surface area (Å²) in [5, 5.41) is 9.19. The quantitative estimate of drug-likeness (QED) is 0.452. The Kier molecular flexibility index (Phi) is 6.02. The van der Waals surface area contributed by atoms with Crippen LogP contribution in [0.15, 0.2) is 47.9 Å². The molecule has 1 aliphatic heterocycles. The fourth-order valence-electron chi connectivity index (χ4n) is 2.37. The van der Waals surface area contributed by atoms with E-state index in [2.05, 4.69) is 13.8 Å². The van der Waals surface area contributed by atoms with Gasteiger partial charge in [-0.3, -0.25) is 0 Å². The number of hydrogen-bond donors (Lipinski definition) is 0. The van der Waals surface area contributed by atoms with Gasteiger partial charge in [-0.1, -0.05) is 38.8 Å². The fourth-order valence-corrected chi connectivity index (χ4v) is 2.37. The zero-order chi connectivity index (χ0) is 17.5. The number of anilines is 1. The Morgan fingerprint density at radius 3 is 2.71 bits per heavy atom. The number of rotatable bonds is 6. The molecule has 0 N–H and O–H groups in total. The van der Waals surface area contributed by atoms with E-state index in [1.54, 1.807) is 6.08 Å². The van der Waals surface area contributed by atoms with Crippen LogP contribution in [-0.2, 0) is 9.53 Å². The molecule has 1 aromatic carbocycles. The van der Waals surface area contributed by atoms with Crippen molar-refractivity contribution >= 4 is 11.7 Å². The van der Waals surface area contributed by atoms with Gasteiger partial charge in [-0.15, -0.1) is 0 Å². The molecule has 2 rings (SSSR count). The summed E-state index contributed by atoms with van der Waals surface area (Å²) in [5.41, 5.74) is 0.897. The molecular weight excluding hydrogens is 304 g/mol. The van der Waals surface area contributed by atoms with Crippen LogP contribution in [0.1, 0.15) is 26.7 Å². The number of carbonyl (C=O) groups is 1. The predicted octanol–water partition coefficient (Wildman–Crippen LogP) is 3.79. The summed E-state index contributed by atoms with van der Waals surface area (Å²) in [7, 11) is 1.86. The molecule has 126 valence electrons. The highest BCUT2D eigenvalue weighted by molar-refractivity contribution is 5.93. The van der Waals surface area contributed by atoms with E-state index in [4.69, 9.17) is 9.47 Å². The average molecular weight is 326 g/mol. The third-order valence-electron chi connectivity index (χ3n) is 4.11. The summed E-state index contributed by atoms with van der Waals surface area (Å²) in [4.78, 5) is 13.9. The van der Waals surface area contributed by atoms with E-state index < -0.39 is 5.97 Å². The van der Waals surface area contributed by atoms with Crippen molar-refractivity contribution in [2.45, 2.75) is 26.7 Å². The Labute approximate surface area is 142 Å². The lowest BCUT2D eigenvalue weighted by molar-refractivity contribution is -0.139. The minimum atomic E-state index is -0.598. The smallest absolute Gasteiger partial charge is 0.348 e. The summed E-state index contributed by atoms with van der Waals surface area (Å²) in [5.74, 6) is 1.02. The number of carbonyl (C=O) groups excluding carboxylic acids is 1. The number of esters is 1. The Balaban J connectivity index is 2.06. The number of nitrogens with zero attached hydrogens (tertiary/aromatic N) is 2. The molecule has 0 fully saturated rings. The van der Waals surface area contributed by atoms with Gasteiger partial charge in [-0.2, -0.15) is 5.26 Å². The van der Waals surface area contributed by atoms with Crippen LogP contribution >= 0.6 is 0 Å². The van der Waals surface area contributed by atoms with Crippen molar-refractivity contribution in [1.29, 1.82) is 5.26 Å². The standard InChI is InChI=1S/C19H22N2O3/c1-4-14(5-2)13-23-19(22)15(12-20)10-11-18-21(3)16-8-6-7-9-17(16)24-18/h6-11,14H,4-5,13H2,1-3H3/b15-10+,18-11-. The predicted molar refractivity (Wildman–Crippen MR) is 92.3 cm³/mol. The van der Waals surface area contributed by atoms with Crippen LogP contribution in [0.2, 0.25) is 0 Å². The van der Waals surface area contributed by atoms with Crippen LogP contribution in [0.4, 0.5) is 5.69 Å². The first-order valence-electron chi connectivity index (χ1n) is 8.10. The monoisotopic (exact) mass is 326 g/mol. The third kappa shape index (κ3) is 3.96. The fraction of sp³-hybridized carbons (Fsp3) is 0.368. The molecule has 0 saturated heterocycles. The van der Waals surface area contributed by atoms with Gasteiger partial charge in [0, 0.05) is 13.1 Å². The largest absolute Gasteiger partial charge is 0.461 e. The first-order chi connectivity index (χ1) is 11.6. The number of allylic oxidation sites excluding steroid dienone is 2. The summed E-state index contributed by atoms with van der Waals surface area (Å²) in [6.07, 6.45) is 4.93. The molecule has 5 nitrogen and oxygen atoms in total. The SMILES string of the molecule is CCC(CC)COC(=O)/C(C#N)=C/C=C1\Oc2ccccc2N1C. The molecule has 0 saturated carbocycles. The topological polar surface area (TPSA) is 62.6 Å². The first kappa shape index (κ1) is 17.6. The number of hydrogen-bond acceptors (Lipinski definition) is 5. The molecular formula is C19H22N2O3. The lowest BCUT2D eigenvalue weighted by Gasteiger charge is -2.12. The molecule has 1 heterocycles. The molecule has 0 aromatic heterocycles. The van der Waals surface area contributed by atoms with Gasteiger partial charge >= 0.3 is 5.97 Å². The highest BCUT2D eigenvalue weighted by atomic mass is 16.5. The molecule has 5 heteroatoms. The highest BCUT2D eigenvalue weighted by Gasteiger charge is 2.22. The van der Waals surface area contributed by atoms with Crippen molar-refractivity contribution in [3.8, 4) is 11.8 Å². The van der Waals surface area contributed by atoms with E-state index in [0.717, 1.165) is 24.3 Å². The maximum Gasteiger partial charge on any atom is 0.348 e. The molecule has 0 bridgehead atoms. The molecule has 1 aliphatic rings. The normalized spacial score (nSPS) is 15.2. The second kappa shape index (κ2) is 8.21. The van der Waals surface area contributed by atoms with E-state index >= 15 is 0 Å². The highest BCUT2D eigenvalue weighted by Crippen LogP contribution is 2.37. The second-order valence-electron chi connectivity index (χ2n) is 5.61. The summed E-state index contributed by atoms with van der Waals surface area (Å²) in [6, 6.07) is 9.51. The van der Waals surface area contributed by atoms with Gasteiger partial charge in [0.15, 0.2) is 11.6 Å². The van der Waals surface area contributed by atoms with Crippen molar-refractivity contribution < 1.29 is 14.3 Å². The van der Waals surface area contributed by atoms with Gasteiger partial charge in [0.05, 0.1) is 12.3 Å². The first-order valence-corrected chi connectivity index (χ1v) is 8.10. The van der Waals surface area contributed by atoms with Crippen molar-refractivity contribution in [1.82, 2.24) is 0 Å².